The number of rotatable bonds is 8. The van der Waals surface area contributed by atoms with Crippen LogP contribution in [0.15, 0.2) is 33.7 Å². The third kappa shape index (κ3) is 5.84. The third-order valence-electron chi connectivity index (χ3n) is 3.21. The van der Waals surface area contributed by atoms with Gasteiger partial charge >= 0.3 is 0 Å². The molecule has 0 spiro atoms. The van der Waals surface area contributed by atoms with Crippen molar-refractivity contribution in [3.63, 3.8) is 0 Å². The van der Waals surface area contributed by atoms with Crippen LogP contribution in [-0.4, -0.2) is 43.6 Å². The average Bonchev–Trinajstić information content (AvgIpc) is 2.95. The standard InChI is InChI=1S/C14H21N5O3S.ClH/c1-11-3-5-12(6-4-11)23(20,21)16-7-8-19(2)10-13-17-14(9-15)22-18-13;/h3-6,16H,7-10,15H2,1-2H3;1H. The topological polar surface area (TPSA) is 114 Å². The molecule has 8 nitrogen and oxygen atoms in total. The summed E-state index contributed by atoms with van der Waals surface area (Å²) in [6.45, 7) is 3.36. The number of halogens is 1. The fourth-order valence-corrected chi connectivity index (χ4v) is 2.95. The van der Waals surface area contributed by atoms with Crippen molar-refractivity contribution in [3.05, 3.63) is 41.5 Å². The molecule has 2 rings (SSSR count). The molecule has 0 amide bonds. The molecular formula is C14H22ClN5O3S. The first kappa shape index (κ1) is 20.5. The van der Waals surface area contributed by atoms with Gasteiger partial charge in [-0.25, -0.2) is 13.1 Å². The zero-order valence-corrected chi connectivity index (χ0v) is 15.2. The van der Waals surface area contributed by atoms with Crippen molar-refractivity contribution in [2.45, 2.75) is 24.9 Å². The fraction of sp³-hybridized carbons (Fsp3) is 0.429. The van der Waals surface area contributed by atoms with Crippen LogP contribution in [0.25, 0.3) is 0 Å². The molecule has 0 bridgehead atoms. The summed E-state index contributed by atoms with van der Waals surface area (Å²) in [4.78, 5) is 6.25. The monoisotopic (exact) mass is 375 g/mol. The van der Waals surface area contributed by atoms with Gasteiger partial charge in [0.15, 0.2) is 5.82 Å². The van der Waals surface area contributed by atoms with Crippen molar-refractivity contribution in [1.82, 2.24) is 19.8 Å². The van der Waals surface area contributed by atoms with E-state index in [0.717, 1.165) is 5.56 Å². The molecule has 0 unspecified atom stereocenters. The Morgan fingerprint density at radius 2 is 1.96 bits per heavy atom. The van der Waals surface area contributed by atoms with Crippen LogP contribution < -0.4 is 10.5 Å². The molecular weight excluding hydrogens is 354 g/mol. The minimum absolute atomic E-state index is 0. The highest BCUT2D eigenvalue weighted by molar-refractivity contribution is 7.89. The Balaban J connectivity index is 0.00000288. The molecule has 0 saturated carbocycles. The highest BCUT2D eigenvalue weighted by Crippen LogP contribution is 2.09. The van der Waals surface area contributed by atoms with Crippen molar-refractivity contribution >= 4 is 22.4 Å². The van der Waals surface area contributed by atoms with Crippen molar-refractivity contribution in [1.29, 1.82) is 0 Å². The number of nitrogens with zero attached hydrogens (tertiary/aromatic N) is 3. The van der Waals surface area contributed by atoms with Crippen LogP contribution in [0, 0.1) is 6.92 Å². The summed E-state index contributed by atoms with van der Waals surface area (Å²) in [6.07, 6.45) is 0. The van der Waals surface area contributed by atoms with Gasteiger partial charge in [0.1, 0.15) is 0 Å². The molecule has 0 radical (unpaired) electrons. The lowest BCUT2D eigenvalue weighted by Crippen LogP contribution is -2.33. The number of nitrogens with one attached hydrogen (secondary N) is 1. The zero-order valence-electron chi connectivity index (χ0n) is 13.6. The number of aryl methyl sites for hydroxylation is 1. The van der Waals surface area contributed by atoms with Crippen LogP contribution in [0.3, 0.4) is 0 Å². The van der Waals surface area contributed by atoms with E-state index in [0.29, 0.717) is 24.8 Å². The summed E-state index contributed by atoms with van der Waals surface area (Å²) >= 11 is 0. The summed E-state index contributed by atoms with van der Waals surface area (Å²) in [5.41, 5.74) is 6.41. The maximum atomic E-state index is 12.1. The predicted molar refractivity (Wildman–Crippen MR) is 92.1 cm³/mol. The van der Waals surface area contributed by atoms with Gasteiger partial charge < -0.3 is 10.3 Å². The summed E-state index contributed by atoms with van der Waals surface area (Å²) in [6, 6.07) is 6.72. The summed E-state index contributed by atoms with van der Waals surface area (Å²) in [5.74, 6) is 0.905. The molecule has 1 aromatic carbocycles. The first-order chi connectivity index (χ1) is 10.9. The Morgan fingerprint density at radius 1 is 1.29 bits per heavy atom. The number of hydrogen-bond donors (Lipinski definition) is 2. The van der Waals surface area contributed by atoms with Crippen molar-refractivity contribution in [2.75, 3.05) is 20.1 Å². The normalized spacial score (nSPS) is 11.5. The summed E-state index contributed by atoms with van der Waals surface area (Å²) < 4.78 is 31.8. The minimum Gasteiger partial charge on any atom is -0.338 e. The molecule has 134 valence electrons. The Morgan fingerprint density at radius 3 is 2.54 bits per heavy atom. The van der Waals surface area contributed by atoms with E-state index in [1.165, 1.54) is 0 Å². The number of nitrogens with two attached hydrogens (primary N) is 1. The lowest BCUT2D eigenvalue weighted by molar-refractivity contribution is 0.310. The number of benzene rings is 1. The van der Waals surface area contributed by atoms with Gasteiger partial charge in [0.25, 0.3) is 0 Å². The van der Waals surface area contributed by atoms with Gasteiger partial charge in [-0.3, -0.25) is 4.90 Å². The van der Waals surface area contributed by atoms with Gasteiger partial charge in [0, 0.05) is 13.1 Å². The number of hydrogen-bond acceptors (Lipinski definition) is 7. The van der Waals surface area contributed by atoms with E-state index in [1.54, 1.807) is 24.3 Å². The number of likely N-dealkylation sites (N-methyl/N-ethyl adjacent to an activating group) is 1. The van der Waals surface area contributed by atoms with E-state index in [4.69, 9.17) is 10.3 Å². The summed E-state index contributed by atoms with van der Waals surface area (Å²) in [7, 11) is -1.64. The SMILES string of the molecule is Cc1ccc(S(=O)(=O)NCCN(C)Cc2noc(CN)n2)cc1.Cl. The second-order valence-electron chi connectivity index (χ2n) is 5.26. The lowest BCUT2D eigenvalue weighted by atomic mass is 10.2. The van der Waals surface area contributed by atoms with Crippen molar-refractivity contribution < 1.29 is 12.9 Å². The van der Waals surface area contributed by atoms with Crippen LogP contribution in [0.2, 0.25) is 0 Å². The molecule has 2 aromatic rings. The molecule has 1 aromatic heterocycles. The van der Waals surface area contributed by atoms with Gasteiger partial charge in [0.05, 0.1) is 18.0 Å². The molecule has 1 heterocycles. The van der Waals surface area contributed by atoms with Crippen LogP contribution in [-0.2, 0) is 23.1 Å². The highest BCUT2D eigenvalue weighted by Gasteiger charge is 2.14. The van der Waals surface area contributed by atoms with Gasteiger partial charge in [-0.05, 0) is 26.1 Å². The summed E-state index contributed by atoms with van der Waals surface area (Å²) in [5, 5.41) is 3.79. The van der Waals surface area contributed by atoms with E-state index in [1.807, 2.05) is 18.9 Å². The number of aromatic nitrogens is 2. The van der Waals surface area contributed by atoms with Crippen LogP contribution >= 0.6 is 12.4 Å². The Hall–Kier alpha value is -1.52. The molecule has 0 saturated heterocycles. The third-order valence-corrected chi connectivity index (χ3v) is 4.69. The predicted octanol–water partition coefficient (Wildman–Crippen LogP) is 0.669. The Bertz CT molecular complexity index is 733. The first-order valence-electron chi connectivity index (χ1n) is 7.17. The van der Waals surface area contributed by atoms with Gasteiger partial charge in [0.2, 0.25) is 15.9 Å². The van der Waals surface area contributed by atoms with E-state index in [9.17, 15) is 8.42 Å². The maximum absolute atomic E-state index is 12.1. The molecule has 3 N–H and O–H groups in total. The van der Waals surface area contributed by atoms with Gasteiger partial charge in [-0.1, -0.05) is 22.9 Å². The van der Waals surface area contributed by atoms with Gasteiger partial charge in [-0.15, -0.1) is 12.4 Å². The van der Waals surface area contributed by atoms with E-state index < -0.39 is 10.0 Å². The van der Waals surface area contributed by atoms with E-state index >= 15 is 0 Å². The second-order valence-corrected chi connectivity index (χ2v) is 7.02. The highest BCUT2D eigenvalue weighted by atomic mass is 35.5. The van der Waals surface area contributed by atoms with Crippen molar-refractivity contribution in [2.24, 2.45) is 5.73 Å². The molecule has 0 aliphatic carbocycles. The minimum atomic E-state index is -3.49. The molecule has 0 aliphatic heterocycles. The Labute approximate surface area is 147 Å². The number of sulfonamides is 1. The van der Waals surface area contributed by atoms with E-state index in [-0.39, 0.29) is 30.4 Å². The smallest absolute Gasteiger partial charge is 0.240 e. The molecule has 0 atom stereocenters. The quantitative estimate of drug-likeness (QED) is 0.696. The largest absolute Gasteiger partial charge is 0.338 e. The van der Waals surface area contributed by atoms with Gasteiger partial charge in [-0.2, -0.15) is 4.98 Å². The molecule has 10 heteroatoms. The fourth-order valence-electron chi connectivity index (χ4n) is 1.93. The van der Waals surface area contributed by atoms with E-state index in [2.05, 4.69) is 14.9 Å². The second kappa shape index (κ2) is 9.09. The van der Waals surface area contributed by atoms with Crippen LogP contribution in [0.5, 0.6) is 0 Å². The molecule has 24 heavy (non-hydrogen) atoms. The lowest BCUT2D eigenvalue weighted by Gasteiger charge is -2.14. The average molecular weight is 376 g/mol. The van der Waals surface area contributed by atoms with Crippen LogP contribution in [0.4, 0.5) is 0 Å². The molecule has 0 fully saturated rings. The zero-order chi connectivity index (χ0) is 16.9. The Kier molecular flexibility index (Phi) is 7.77. The van der Waals surface area contributed by atoms with Crippen molar-refractivity contribution in [3.8, 4) is 0 Å². The maximum Gasteiger partial charge on any atom is 0.240 e. The molecule has 0 aliphatic rings. The van der Waals surface area contributed by atoms with Crippen LogP contribution in [0.1, 0.15) is 17.3 Å². The first-order valence-corrected chi connectivity index (χ1v) is 8.65.